The van der Waals surface area contributed by atoms with Crippen LogP contribution in [0, 0.1) is 11.8 Å². The summed E-state index contributed by atoms with van der Waals surface area (Å²) >= 11 is 0. The summed E-state index contributed by atoms with van der Waals surface area (Å²) in [5.74, 6) is -1.47. The van der Waals surface area contributed by atoms with Crippen LogP contribution in [0.15, 0.2) is 12.1 Å². The van der Waals surface area contributed by atoms with E-state index < -0.39 is 29.4 Å². The average Bonchev–Trinajstić information content (AvgIpc) is 3.27. The molecule has 0 unspecified atom stereocenters. The lowest BCUT2D eigenvalue weighted by atomic mass is 9.77. The maximum absolute atomic E-state index is 13.3. The molecule has 9 nitrogen and oxygen atoms in total. The summed E-state index contributed by atoms with van der Waals surface area (Å²) in [7, 11) is 4.53. The first-order chi connectivity index (χ1) is 15.3. The van der Waals surface area contributed by atoms with Crippen molar-refractivity contribution in [1.82, 2.24) is 10.2 Å². The van der Waals surface area contributed by atoms with E-state index in [-0.39, 0.29) is 25.0 Å². The number of nitrogens with one attached hydrogen (secondary N) is 1. The third kappa shape index (κ3) is 3.48. The van der Waals surface area contributed by atoms with Gasteiger partial charge in [0.2, 0.25) is 17.6 Å². The predicted molar refractivity (Wildman–Crippen MR) is 116 cm³/mol. The number of carbonyl (C=O) groups excluding carboxylic acids is 3. The van der Waals surface area contributed by atoms with Crippen LogP contribution in [0.2, 0.25) is 0 Å². The van der Waals surface area contributed by atoms with Crippen molar-refractivity contribution in [2.45, 2.75) is 45.2 Å². The lowest BCUT2D eigenvalue weighted by Gasteiger charge is -2.32. The van der Waals surface area contributed by atoms with Gasteiger partial charge in [0.1, 0.15) is 5.54 Å². The van der Waals surface area contributed by atoms with Gasteiger partial charge in [-0.2, -0.15) is 0 Å². The Balaban J connectivity index is 2.20. The van der Waals surface area contributed by atoms with Crippen molar-refractivity contribution in [1.29, 1.82) is 0 Å². The van der Waals surface area contributed by atoms with Crippen LogP contribution in [0.4, 0.5) is 0 Å². The number of methoxy groups -OCH3 is 3. The van der Waals surface area contributed by atoms with E-state index in [4.69, 9.17) is 18.9 Å². The van der Waals surface area contributed by atoms with E-state index in [1.165, 1.54) is 26.2 Å². The van der Waals surface area contributed by atoms with Crippen LogP contribution in [-0.2, 0) is 19.1 Å². The van der Waals surface area contributed by atoms with E-state index in [9.17, 15) is 14.4 Å². The molecule has 176 valence electrons. The van der Waals surface area contributed by atoms with Gasteiger partial charge in [-0.05, 0) is 38.0 Å². The topological polar surface area (TPSA) is 103 Å². The summed E-state index contributed by atoms with van der Waals surface area (Å²) in [5, 5.41) is 3.36. The quantitative estimate of drug-likeness (QED) is 0.452. The molecule has 2 saturated heterocycles. The van der Waals surface area contributed by atoms with Gasteiger partial charge >= 0.3 is 5.97 Å². The van der Waals surface area contributed by atoms with E-state index in [0.717, 1.165) is 0 Å². The maximum Gasteiger partial charge on any atom is 0.327 e. The summed E-state index contributed by atoms with van der Waals surface area (Å²) in [4.78, 5) is 41.2. The summed E-state index contributed by atoms with van der Waals surface area (Å²) in [6.45, 7) is 5.84. The Morgan fingerprint density at radius 3 is 2.12 bits per heavy atom. The molecule has 32 heavy (non-hydrogen) atoms. The zero-order chi connectivity index (χ0) is 23.6. The molecule has 4 atom stereocenters. The molecule has 2 fully saturated rings. The largest absolute Gasteiger partial charge is 0.493 e. The monoisotopic (exact) mass is 448 g/mol. The number of hydrogen-bond donors (Lipinski definition) is 1. The summed E-state index contributed by atoms with van der Waals surface area (Å²) in [6.07, 6.45) is 0.995. The maximum atomic E-state index is 13.3. The fourth-order valence-corrected chi connectivity index (χ4v) is 5.12. The molecule has 0 aromatic heterocycles. The number of fused-ring (bicyclic) bond motifs is 1. The van der Waals surface area contributed by atoms with Gasteiger partial charge < -0.3 is 18.9 Å². The van der Waals surface area contributed by atoms with Crippen LogP contribution in [0.3, 0.4) is 0 Å². The third-order valence-electron chi connectivity index (χ3n) is 6.39. The SMILES string of the molecule is CCC[C@]1(C(=O)OCC)N[C@@H](c2cc(OC)c(OC)c(OC)c2)[C@H]2C(=O)N(CC)C(=O)[C@@H]21. The highest BCUT2D eigenvalue weighted by atomic mass is 16.5. The molecule has 0 spiro atoms. The number of benzene rings is 1. The molecule has 9 heteroatoms. The van der Waals surface area contributed by atoms with Gasteiger partial charge in [-0.25, -0.2) is 0 Å². The number of imide groups is 1. The highest BCUT2D eigenvalue weighted by molar-refractivity contribution is 6.09. The number of hydrogen-bond acceptors (Lipinski definition) is 8. The van der Waals surface area contributed by atoms with Gasteiger partial charge in [0.25, 0.3) is 0 Å². The molecule has 1 aromatic carbocycles. The number of ether oxygens (including phenoxy) is 4. The molecule has 0 radical (unpaired) electrons. The van der Waals surface area contributed by atoms with E-state index in [2.05, 4.69) is 5.32 Å². The van der Waals surface area contributed by atoms with Crippen LogP contribution in [-0.4, -0.2) is 62.7 Å². The van der Waals surface area contributed by atoms with E-state index in [0.29, 0.717) is 35.7 Å². The molecular weight excluding hydrogens is 416 g/mol. The first-order valence-electron chi connectivity index (χ1n) is 10.9. The minimum atomic E-state index is -1.29. The smallest absolute Gasteiger partial charge is 0.327 e. The Labute approximate surface area is 188 Å². The lowest BCUT2D eigenvalue weighted by molar-refractivity contribution is -0.156. The Morgan fingerprint density at radius 1 is 1.03 bits per heavy atom. The van der Waals surface area contributed by atoms with E-state index in [1.54, 1.807) is 26.0 Å². The fraction of sp³-hybridized carbons (Fsp3) is 0.609. The highest BCUT2D eigenvalue weighted by Crippen LogP contribution is 2.52. The zero-order valence-corrected chi connectivity index (χ0v) is 19.5. The molecular formula is C23H32N2O7. The van der Waals surface area contributed by atoms with Crippen molar-refractivity contribution in [2.24, 2.45) is 11.8 Å². The summed E-state index contributed by atoms with van der Waals surface area (Å²) in [6, 6.07) is 2.88. The molecule has 1 N–H and O–H groups in total. The van der Waals surface area contributed by atoms with Crippen LogP contribution in [0.1, 0.15) is 45.2 Å². The molecule has 2 amide bonds. The van der Waals surface area contributed by atoms with Gasteiger partial charge in [0.15, 0.2) is 11.5 Å². The van der Waals surface area contributed by atoms with Crippen molar-refractivity contribution < 1.29 is 33.3 Å². The van der Waals surface area contributed by atoms with Gasteiger partial charge in [0, 0.05) is 12.6 Å². The second-order valence-electron chi connectivity index (χ2n) is 7.95. The highest BCUT2D eigenvalue weighted by Gasteiger charge is 2.68. The first-order valence-corrected chi connectivity index (χ1v) is 10.9. The molecule has 0 aliphatic carbocycles. The van der Waals surface area contributed by atoms with E-state index in [1.807, 2.05) is 6.92 Å². The number of esters is 1. The lowest BCUT2D eigenvalue weighted by Crippen LogP contribution is -2.56. The summed E-state index contributed by atoms with van der Waals surface area (Å²) < 4.78 is 21.8. The summed E-state index contributed by atoms with van der Waals surface area (Å²) in [5.41, 5.74) is -0.632. The second kappa shape index (κ2) is 9.36. The van der Waals surface area contributed by atoms with Crippen molar-refractivity contribution in [3.8, 4) is 17.2 Å². The van der Waals surface area contributed by atoms with Gasteiger partial charge in [-0.1, -0.05) is 13.3 Å². The molecule has 2 aliphatic heterocycles. The van der Waals surface area contributed by atoms with Crippen molar-refractivity contribution in [3.05, 3.63) is 17.7 Å². The normalized spacial score (nSPS) is 26.8. The van der Waals surface area contributed by atoms with Crippen molar-refractivity contribution in [2.75, 3.05) is 34.5 Å². The Bertz CT molecular complexity index is 877. The average molecular weight is 449 g/mol. The second-order valence-corrected chi connectivity index (χ2v) is 7.95. The fourth-order valence-electron chi connectivity index (χ4n) is 5.12. The van der Waals surface area contributed by atoms with Gasteiger partial charge in [-0.3, -0.25) is 24.6 Å². The minimum absolute atomic E-state index is 0.178. The minimum Gasteiger partial charge on any atom is -0.493 e. The Hall–Kier alpha value is -2.81. The Kier molecular flexibility index (Phi) is 6.97. The van der Waals surface area contributed by atoms with Crippen LogP contribution in [0.5, 0.6) is 17.2 Å². The van der Waals surface area contributed by atoms with Gasteiger partial charge in [-0.15, -0.1) is 0 Å². The molecule has 1 aromatic rings. The predicted octanol–water partition coefficient (Wildman–Crippen LogP) is 2.08. The zero-order valence-electron chi connectivity index (χ0n) is 19.5. The van der Waals surface area contributed by atoms with Crippen LogP contribution >= 0.6 is 0 Å². The van der Waals surface area contributed by atoms with E-state index >= 15 is 0 Å². The standard InChI is InChI=1S/C23H32N2O7/c1-7-10-23(22(28)32-9-3)17-16(20(26)25(8-2)21(17)27)18(24-23)13-11-14(29-4)19(31-6)15(12-13)30-5/h11-12,16-18,24H,7-10H2,1-6H3/t16-,17+,18-,23-/m0/s1. The molecule has 2 aliphatic rings. The number of nitrogens with zero attached hydrogens (tertiary/aromatic N) is 1. The van der Waals surface area contributed by atoms with Crippen LogP contribution < -0.4 is 19.5 Å². The van der Waals surface area contributed by atoms with Crippen LogP contribution in [0.25, 0.3) is 0 Å². The molecule has 0 bridgehead atoms. The first kappa shape index (κ1) is 23.8. The van der Waals surface area contributed by atoms with Crippen molar-refractivity contribution >= 4 is 17.8 Å². The number of likely N-dealkylation sites (tertiary alicyclic amines) is 1. The number of amides is 2. The third-order valence-corrected chi connectivity index (χ3v) is 6.39. The number of carbonyl (C=O) groups is 3. The van der Waals surface area contributed by atoms with Gasteiger partial charge in [0.05, 0.1) is 39.8 Å². The Morgan fingerprint density at radius 2 is 1.66 bits per heavy atom. The molecule has 2 heterocycles. The van der Waals surface area contributed by atoms with Crippen molar-refractivity contribution in [3.63, 3.8) is 0 Å². The molecule has 3 rings (SSSR count). The number of rotatable bonds is 9. The molecule has 0 saturated carbocycles.